The largest absolute Gasteiger partial charge is 0.506 e. The SMILES string of the molecule is CC[C@H](C)[C@H](N)C(=O)Nc1cc(NC(=O)/C=C/c2ccco2)ccc1O. The number of phenols is 1. The van der Waals surface area contributed by atoms with Crippen LogP contribution in [-0.4, -0.2) is 23.0 Å². The van der Waals surface area contributed by atoms with E-state index < -0.39 is 11.9 Å². The van der Waals surface area contributed by atoms with Crippen LogP contribution >= 0.6 is 0 Å². The molecule has 2 atom stereocenters. The van der Waals surface area contributed by atoms with E-state index in [9.17, 15) is 14.7 Å². The van der Waals surface area contributed by atoms with Crippen LogP contribution in [0.3, 0.4) is 0 Å². The molecule has 7 heteroatoms. The van der Waals surface area contributed by atoms with Gasteiger partial charge in [-0.15, -0.1) is 0 Å². The Morgan fingerprint density at radius 2 is 2.08 bits per heavy atom. The molecule has 0 unspecified atom stereocenters. The van der Waals surface area contributed by atoms with Crippen molar-refractivity contribution >= 4 is 29.3 Å². The Kier molecular flexibility index (Phi) is 6.57. The molecular weight excluding hydrogens is 334 g/mol. The highest BCUT2D eigenvalue weighted by molar-refractivity contribution is 6.03. The van der Waals surface area contributed by atoms with Gasteiger partial charge in [0.25, 0.3) is 0 Å². The average Bonchev–Trinajstić information content (AvgIpc) is 3.15. The zero-order valence-corrected chi connectivity index (χ0v) is 14.7. The van der Waals surface area contributed by atoms with Gasteiger partial charge in [0.2, 0.25) is 11.8 Å². The van der Waals surface area contributed by atoms with Crippen molar-refractivity contribution in [2.24, 2.45) is 11.7 Å². The van der Waals surface area contributed by atoms with E-state index >= 15 is 0 Å². The van der Waals surface area contributed by atoms with Gasteiger partial charge < -0.3 is 25.9 Å². The summed E-state index contributed by atoms with van der Waals surface area (Å²) in [6.07, 6.45) is 5.13. The number of anilines is 2. The van der Waals surface area contributed by atoms with Gasteiger partial charge in [-0.2, -0.15) is 0 Å². The summed E-state index contributed by atoms with van der Waals surface area (Å²) in [6.45, 7) is 3.83. The number of furan rings is 1. The van der Waals surface area contributed by atoms with Crippen LogP contribution in [0, 0.1) is 5.92 Å². The van der Waals surface area contributed by atoms with Crippen LogP contribution in [0.1, 0.15) is 26.0 Å². The zero-order chi connectivity index (χ0) is 19.1. The van der Waals surface area contributed by atoms with E-state index in [1.807, 2.05) is 13.8 Å². The van der Waals surface area contributed by atoms with Gasteiger partial charge in [0.15, 0.2) is 0 Å². The minimum absolute atomic E-state index is 0.00627. The third-order valence-corrected chi connectivity index (χ3v) is 4.02. The Morgan fingerprint density at radius 1 is 1.31 bits per heavy atom. The Morgan fingerprint density at radius 3 is 2.73 bits per heavy atom. The molecule has 26 heavy (non-hydrogen) atoms. The first-order valence-corrected chi connectivity index (χ1v) is 8.32. The van der Waals surface area contributed by atoms with E-state index in [1.54, 1.807) is 12.1 Å². The summed E-state index contributed by atoms with van der Waals surface area (Å²) in [7, 11) is 0. The lowest BCUT2D eigenvalue weighted by molar-refractivity contribution is -0.118. The molecule has 0 saturated heterocycles. The van der Waals surface area contributed by atoms with Crippen molar-refractivity contribution in [1.29, 1.82) is 0 Å². The molecule has 0 bridgehead atoms. The lowest BCUT2D eigenvalue weighted by Crippen LogP contribution is -2.40. The molecule has 0 saturated carbocycles. The molecule has 1 aromatic heterocycles. The molecule has 5 N–H and O–H groups in total. The molecule has 138 valence electrons. The second kappa shape index (κ2) is 8.87. The Bertz CT molecular complexity index is 784. The van der Waals surface area contributed by atoms with Crippen molar-refractivity contribution in [2.45, 2.75) is 26.3 Å². The summed E-state index contributed by atoms with van der Waals surface area (Å²) in [5.41, 5.74) is 6.50. The Labute approximate surface area is 151 Å². The molecular formula is C19H23N3O4. The van der Waals surface area contributed by atoms with E-state index in [4.69, 9.17) is 10.2 Å². The molecule has 1 heterocycles. The van der Waals surface area contributed by atoms with E-state index in [0.717, 1.165) is 6.42 Å². The summed E-state index contributed by atoms with van der Waals surface area (Å²) in [6, 6.07) is 7.13. The molecule has 2 rings (SSSR count). The maximum Gasteiger partial charge on any atom is 0.248 e. The topological polar surface area (TPSA) is 118 Å². The van der Waals surface area contributed by atoms with Gasteiger partial charge in [0, 0.05) is 11.8 Å². The van der Waals surface area contributed by atoms with Gasteiger partial charge in [0.05, 0.1) is 18.0 Å². The first kappa shape index (κ1) is 19.3. The lowest BCUT2D eigenvalue weighted by Gasteiger charge is -2.18. The second-order valence-corrected chi connectivity index (χ2v) is 5.97. The van der Waals surface area contributed by atoms with Crippen LogP contribution in [0.2, 0.25) is 0 Å². The highest BCUT2D eigenvalue weighted by atomic mass is 16.3. The first-order valence-electron chi connectivity index (χ1n) is 8.32. The normalized spacial score (nSPS) is 13.3. The third-order valence-electron chi connectivity index (χ3n) is 4.02. The third kappa shape index (κ3) is 5.22. The number of amides is 2. The highest BCUT2D eigenvalue weighted by Crippen LogP contribution is 2.27. The number of rotatable bonds is 7. The van der Waals surface area contributed by atoms with Crippen molar-refractivity contribution < 1.29 is 19.1 Å². The number of nitrogens with two attached hydrogens (primary N) is 1. The summed E-state index contributed by atoms with van der Waals surface area (Å²) in [4.78, 5) is 24.1. The van der Waals surface area contributed by atoms with Crippen LogP contribution in [0.5, 0.6) is 5.75 Å². The molecule has 1 aromatic carbocycles. The molecule has 0 fully saturated rings. The number of hydrogen-bond acceptors (Lipinski definition) is 5. The fraction of sp³-hybridized carbons (Fsp3) is 0.263. The molecule has 7 nitrogen and oxygen atoms in total. The molecule has 0 radical (unpaired) electrons. The van der Waals surface area contributed by atoms with Gasteiger partial charge >= 0.3 is 0 Å². The fourth-order valence-electron chi connectivity index (χ4n) is 2.17. The summed E-state index contributed by atoms with van der Waals surface area (Å²) in [5, 5.41) is 15.2. The van der Waals surface area contributed by atoms with Crippen molar-refractivity contribution in [3.05, 3.63) is 48.4 Å². The Hall–Kier alpha value is -3.06. The van der Waals surface area contributed by atoms with E-state index in [2.05, 4.69) is 10.6 Å². The van der Waals surface area contributed by atoms with Gasteiger partial charge in [-0.25, -0.2) is 0 Å². The minimum atomic E-state index is -0.686. The van der Waals surface area contributed by atoms with Crippen molar-refractivity contribution in [3.8, 4) is 5.75 Å². The minimum Gasteiger partial charge on any atom is -0.506 e. The van der Waals surface area contributed by atoms with Crippen molar-refractivity contribution in [3.63, 3.8) is 0 Å². The monoisotopic (exact) mass is 357 g/mol. The zero-order valence-electron chi connectivity index (χ0n) is 14.7. The van der Waals surface area contributed by atoms with Crippen LogP contribution in [0.15, 0.2) is 47.1 Å². The van der Waals surface area contributed by atoms with Crippen LogP contribution in [-0.2, 0) is 9.59 Å². The van der Waals surface area contributed by atoms with E-state index in [0.29, 0.717) is 11.4 Å². The number of hydrogen-bond donors (Lipinski definition) is 4. The summed E-state index contributed by atoms with van der Waals surface area (Å²) < 4.78 is 5.10. The molecule has 0 spiro atoms. The number of benzene rings is 1. The summed E-state index contributed by atoms with van der Waals surface area (Å²) in [5.74, 6) is -0.319. The second-order valence-electron chi connectivity index (χ2n) is 5.97. The van der Waals surface area contributed by atoms with Gasteiger partial charge in [-0.05, 0) is 42.3 Å². The predicted molar refractivity (Wildman–Crippen MR) is 101 cm³/mol. The lowest BCUT2D eigenvalue weighted by atomic mass is 9.99. The number of carbonyl (C=O) groups is 2. The van der Waals surface area contributed by atoms with Gasteiger partial charge in [-0.1, -0.05) is 20.3 Å². The van der Waals surface area contributed by atoms with E-state index in [-0.39, 0.29) is 23.3 Å². The number of carbonyl (C=O) groups excluding carboxylic acids is 2. The molecule has 2 aromatic rings. The number of aromatic hydroxyl groups is 1. The summed E-state index contributed by atoms with van der Waals surface area (Å²) >= 11 is 0. The molecule has 2 amide bonds. The first-order chi connectivity index (χ1) is 12.4. The van der Waals surface area contributed by atoms with Crippen molar-refractivity contribution in [1.82, 2.24) is 0 Å². The van der Waals surface area contributed by atoms with Crippen LogP contribution in [0.4, 0.5) is 11.4 Å². The molecule has 0 aliphatic rings. The quantitative estimate of drug-likeness (QED) is 0.345. The number of phenolic OH excluding ortho intramolecular Hbond substituents is 1. The molecule has 0 aliphatic carbocycles. The van der Waals surface area contributed by atoms with Crippen molar-refractivity contribution in [2.75, 3.05) is 10.6 Å². The number of nitrogens with one attached hydrogen (secondary N) is 2. The van der Waals surface area contributed by atoms with E-state index in [1.165, 1.54) is 36.6 Å². The maximum atomic E-state index is 12.2. The van der Waals surface area contributed by atoms with Gasteiger partial charge in [-0.3, -0.25) is 9.59 Å². The maximum absolute atomic E-state index is 12.2. The molecule has 0 aliphatic heterocycles. The van der Waals surface area contributed by atoms with Crippen LogP contribution < -0.4 is 16.4 Å². The van der Waals surface area contributed by atoms with Gasteiger partial charge in [0.1, 0.15) is 11.5 Å². The Balaban J connectivity index is 2.04. The average molecular weight is 357 g/mol. The predicted octanol–water partition coefficient (Wildman–Crippen LogP) is 2.95. The smallest absolute Gasteiger partial charge is 0.248 e. The van der Waals surface area contributed by atoms with Crippen LogP contribution in [0.25, 0.3) is 6.08 Å². The highest BCUT2D eigenvalue weighted by Gasteiger charge is 2.20. The fourth-order valence-corrected chi connectivity index (χ4v) is 2.17. The standard InChI is InChI=1S/C19H23N3O4/c1-3-12(2)18(20)19(25)22-15-11-13(6-8-16(15)23)21-17(24)9-7-14-5-4-10-26-14/h4-12,18,23H,3,20H2,1-2H3,(H,21,24)(H,22,25)/b9-7+/t12-,18-/m0/s1.